The minimum atomic E-state index is -0.284. The molecule has 23 heavy (non-hydrogen) atoms. The predicted octanol–water partition coefficient (Wildman–Crippen LogP) is 2.98. The van der Waals surface area contributed by atoms with E-state index in [1.54, 1.807) is 41.1 Å². The fourth-order valence-electron chi connectivity index (χ4n) is 2.74. The Morgan fingerprint density at radius 1 is 0.783 bits per heavy atom. The maximum atomic E-state index is 12.5. The summed E-state index contributed by atoms with van der Waals surface area (Å²) in [5, 5.41) is 4.34. The molecule has 2 amide bonds. The van der Waals surface area contributed by atoms with Gasteiger partial charge in [0.2, 0.25) is 0 Å². The van der Waals surface area contributed by atoms with Gasteiger partial charge in [0.25, 0.3) is 11.8 Å². The maximum Gasteiger partial charge on any atom is 0.266 e. The third-order valence-electron chi connectivity index (χ3n) is 3.89. The quantitative estimate of drug-likeness (QED) is 0.684. The summed E-state index contributed by atoms with van der Waals surface area (Å²) in [7, 11) is 0. The lowest BCUT2D eigenvalue weighted by Gasteiger charge is -2.14. The van der Waals surface area contributed by atoms with E-state index < -0.39 is 0 Å². The Morgan fingerprint density at radius 2 is 1.35 bits per heavy atom. The number of fused-ring (bicyclic) bond motifs is 1. The van der Waals surface area contributed by atoms with Gasteiger partial charge in [-0.1, -0.05) is 12.1 Å². The van der Waals surface area contributed by atoms with Crippen LogP contribution in [0.4, 0.5) is 5.69 Å². The van der Waals surface area contributed by atoms with Gasteiger partial charge in [-0.2, -0.15) is 5.10 Å². The molecule has 2 heterocycles. The Hall–Kier alpha value is -3.21. The van der Waals surface area contributed by atoms with Crippen LogP contribution in [0.2, 0.25) is 0 Å². The van der Waals surface area contributed by atoms with Crippen molar-refractivity contribution in [3.8, 4) is 5.69 Å². The number of rotatable bonds is 2. The van der Waals surface area contributed by atoms with Crippen molar-refractivity contribution in [1.29, 1.82) is 0 Å². The highest BCUT2D eigenvalue weighted by molar-refractivity contribution is 6.34. The Kier molecular flexibility index (Phi) is 2.87. The minimum absolute atomic E-state index is 0.284. The van der Waals surface area contributed by atoms with E-state index in [0.717, 1.165) is 11.4 Å². The summed E-state index contributed by atoms with van der Waals surface area (Å²) >= 11 is 0. The molecule has 3 aromatic rings. The van der Waals surface area contributed by atoms with Crippen molar-refractivity contribution < 1.29 is 9.59 Å². The summed E-state index contributed by atoms with van der Waals surface area (Å²) in [5.41, 5.74) is 3.25. The molecule has 0 bridgehead atoms. The molecular formula is C18H13N3O2. The van der Waals surface area contributed by atoms with E-state index in [1.165, 1.54) is 4.90 Å². The first-order valence-corrected chi connectivity index (χ1v) is 7.26. The van der Waals surface area contributed by atoms with Crippen LogP contribution < -0.4 is 4.90 Å². The molecule has 0 saturated carbocycles. The third-order valence-corrected chi connectivity index (χ3v) is 3.89. The molecule has 0 radical (unpaired) electrons. The summed E-state index contributed by atoms with van der Waals surface area (Å²) in [6.07, 6.45) is 1.87. The third kappa shape index (κ3) is 2.05. The molecule has 0 fully saturated rings. The molecule has 0 aliphatic carbocycles. The lowest BCUT2D eigenvalue weighted by Crippen LogP contribution is -2.29. The number of carbonyl (C=O) groups excluding carboxylic acids is 2. The van der Waals surface area contributed by atoms with Gasteiger partial charge in [0, 0.05) is 6.20 Å². The van der Waals surface area contributed by atoms with E-state index in [9.17, 15) is 9.59 Å². The normalized spacial score (nSPS) is 13.5. The lowest BCUT2D eigenvalue weighted by molar-refractivity contribution is 0.0926. The average Bonchev–Trinajstić information content (AvgIpc) is 3.11. The van der Waals surface area contributed by atoms with E-state index in [-0.39, 0.29) is 11.8 Å². The molecule has 0 unspecified atom stereocenters. The van der Waals surface area contributed by atoms with Crippen LogP contribution in [0.3, 0.4) is 0 Å². The molecule has 5 nitrogen and oxygen atoms in total. The zero-order valence-corrected chi connectivity index (χ0v) is 12.4. The van der Waals surface area contributed by atoms with Crippen molar-refractivity contribution >= 4 is 17.5 Å². The smallest absolute Gasteiger partial charge is 0.266 e. The molecule has 0 N–H and O–H groups in total. The summed E-state index contributed by atoms with van der Waals surface area (Å²) in [6.45, 7) is 1.92. The highest BCUT2D eigenvalue weighted by Gasteiger charge is 2.36. The Labute approximate surface area is 132 Å². The molecule has 4 rings (SSSR count). The average molecular weight is 303 g/mol. The van der Waals surface area contributed by atoms with Crippen LogP contribution in [0.1, 0.15) is 26.4 Å². The Balaban J connectivity index is 1.70. The van der Waals surface area contributed by atoms with Gasteiger partial charge in [-0.15, -0.1) is 0 Å². The molecule has 2 aromatic carbocycles. The number of benzene rings is 2. The highest BCUT2D eigenvalue weighted by Crippen LogP contribution is 2.28. The van der Waals surface area contributed by atoms with Gasteiger partial charge in [0.15, 0.2) is 0 Å². The number of carbonyl (C=O) groups is 2. The van der Waals surface area contributed by atoms with Gasteiger partial charge in [-0.3, -0.25) is 9.59 Å². The molecule has 1 aliphatic heterocycles. The largest absolute Gasteiger partial charge is 0.268 e. The molecule has 0 atom stereocenters. The summed E-state index contributed by atoms with van der Waals surface area (Å²) in [5.74, 6) is -0.568. The minimum Gasteiger partial charge on any atom is -0.268 e. The molecule has 1 aliphatic rings. The number of anilines is 1. The molecule has 1 aromatic heterocycles. The van der Waals surface area contributed by atoms with Crippen LogP contribution >= 0.6 is 0 Å². The molecule has 112 valence electrons. The summed E-state index contributed by atoms with van der Waals surface area (Å²) in [4.78, 5) is 26.1. The van der Waals surface area contributed by atoms with E-state index >= 15 is 0 Å². The Morgan fingerprint density at radius 3 is 1.87 bits per heavy atom. The van der Waals surface area contributed by atoms with Crippen molar-refractivity contribution in [2.24, 2.45) is 0 Å². The van der Waals surface area contributed by atoms with Crippen LogP contribution in [0, 0.1) is 6.92 Å². The van der Waals surface area contributed by atoms with Gasteiger partial charge in [-0.25, -0.2) is 9.58 Å². The summed E-state index contributed by atoms with van der Waals surface area (Å²) < 4.78 is 1.75. The highest BCUT2D eigenvalue weighted by atomic mass is 16.2. The molecular weight excluding hydrogens is 290 g/mol. The fraction of sp³-hybridized carbons (Fsp3) is 0.0556. The second-order valence-electron chi connectivity index (χ2n) is 5.41. The van der Waals surface area contributed by atoms with Crippen LogP contribution in [0.15, 0.2) is 60.8 Å². The number of hydrogen-bond donors (Lipinski definition) is 0. The topological polar surface area (TPSA) is 55.2 Å². The number of aryl methyl sites for hydroxylation is 1. The van der Waals surface area contributed by atoms with E-state index in [0.29, 0.717) is 16.8 Å². The van der Waals surface area contributed by atoms with Gasteiger partial charge >= 0.3 is 0 Å². The van der Waals surface area contributed by atoms with Crippen molar-refractivity contribution in [2.45, 2.75) is 6.92 Å². The second kappa shape index (κ2) is 4.91. The van der Waals surface area contributed by atoms with E-state index in [2.05, 4.69) is 5.10 Å². The number of hydrogen-bond acceptors (Lipinski definition) is 3. The standard InChI is InChI=1S/C18H13N3O2/c1-12-10-11-20(19-12)13-6-8-14(9-7-13)21-17(22)15-4-2-3-5-16(15)18(21)23/h2-11H,1H3. The number of aromatic nitrogens is 2. The van der Waals surface area contributed by atoms with E-state index in [4.69, 9.17) is 0 Å². The van der Waals surface area contributed by atoms with E-state index in [1.807, 2.05) is 31.3 Å². The SMILES string of the molecule is Cc1ccn(-c2ccc(N3C(=O)c4ccccc4C3=O)cc2)n1. The van der Waals surface area contributed by atoms with Gasteiger partial charge in [0.1, 0.15) is 0 Å². The van der Waals surface area contributed by atoms with Crippen molar-refractivity contribution in [2.75, 3.05) is 4.90 Å². The summed E-state index contributed by atoms with van der Waals surface area (Å²) in [6, 6.07) is 16.0. The number of amides is 2. The first-order chi connectivity index (χ1) is 11.1. The monoisotopic (exact) mass is 303 g/mol. The van der Waals surface area contributed by atoms with Crippen molar-refractivity contribution in [3.05, 3.63) is 77.6 Å². The van der Waals surface area contributed by atoms with Gasteiger partial charge in [0.05, 0.1) is 28.2 Å². The molecule has 5 heteroatoms. The first-order valence-electron chi connectivity index (χ1n) is 7.26. The van der Waals surface area contributed by atoms with Crippen LogP contribution in [0.5, 0.6) is 0 Å². The Bertz CT molecular complexity index is 890. The predicted molar refractivity (Wildman–Crippen MR) is 85.9 cm³/mol. The molecule has 0 saturated heterocycles. The lowest BCUT2D eigenvalue weighted by atomic mass is 10.1. The van der Waals surface area contributed by atoms with Crippen LogP contribution in [-0.2, 0) is 0 Å². The number of imide groups is 1. The fourth-order valence-corrected chi connectivity index (χ4v) is 2.74. The van der Waals surface area contributed by atoms with Crippen molar-refractivity contribution in [3.63, 3.8) is 0 Å². The zero-order chi connectivity index (χ0) is 16.0. The van der Waals surface area contributed by atoms with Gasteiger partial charge in [-0.05, 0) is 49.4 Å². The first kappa shape index (κ1) is 13.5. The van der Waals surface area contributed by atoms with Gasteiger partial charge < -0.3 is 0 Å². The zero-order valence-electron chi connectivity index (χ0n) is 12.4. The number of nitrogens with zero attached hydrogens (tertiary/aromatic N) is 3. The second-order valence-corrected chi connectivity index (χ2v) is 5.41. The van der Waals surface area contributed by atoms with Crippen molar-refractivity contribution in [1.82, 2.24) is 9.78 Å². The van der Waals surface area contributed by atoms with Crippen LogP contribution in [-0.4, -0.2) is 21.6 Å². The van der Waals surface area contributed by atoms with Crippen LogP contribution in [0.25, 0.3) is 5.69 Å². The maximum absolute atomic E-state index is 12.5. The molecule has 0 spiro atoms.